The number of ether oxygens (including phenoxy) is 2. The Morgan fingerprint density at radius 3 is 2.79 bits per heavy atom. The SMILES string of the molecule is C=C(SC)C1C=CN(CCOC(=O)Oc2ccc([N+](=O)[O-])cc2)C1. The van der Waals surface area contributed by atoms with E-state index in [0.717, 1.165) is 11.4 Å². The van der Waals surface area contributed by atoms with Crippen LogP contribution >= 0.6 is 11.8 Å². The second-order valence-corrected chi connectivity index (χ2v) is 6.00. The van der Waals surface area contributed by atoms with E-state index in [2.05, 4.69) is 12.7 Å². The second kappa shape index (κ2) is 8.39. The Morgan fingerprint density at radius 2 is 2.17 bits per heavy atom. The number of benzene rings is 1. The molecule has 2 rings (SSSR count). The first-order valence-corrected chi connectivity index (χ1v) is 8.46. The summed E-state index contributed by atoms with van der Waals surface area (Å²) in [5.74, 6) is 0.509. The molecule has 1 aromatic rings. The number of nitrogens with zero attached hydrogens (tertiary/aromatic N) is 2. The first kappa shape index (κ1) is 17.9. The topological polar surface area (TPSA) is 81.9 Å². The maximum Gasteiger partial charge on any atom is 0.513 e. The van der Waals surface area contributed by atoms with Crippen molar-refractivity contribution < 1.29 is 19.2 Å². The number of hydrogen-bond donors (Lipinski definition) is 0. The number of carbonyl (C=O) groups is 1. The fourth-order valence-electron chi connectivity index (χ4n) is 2.13. The molecule has 24 heavy (non-hydrogen) atoms. The summed E-state index contributed by atoms with van der Waals surface area (Å²) in [4.78, 5) is 24.8. The predicted molar refractivity (Wildman–Crippen MR) is 91.9 cm³/mol. The van der Waals surface area contributed by atoms with Crippen molar-refractivity contribution >= 4 is 23.6 Å². The van der Waals surface area contributed by atoms with E-state index >= 15 is 0 Å². The van der Waals surface area contributed by atoms with E-state index in [4.69, 9.17) is 9.47 Å². The van der Waals surface area contributed by atoms with Crippen LogP contribution in [-0.4, -0.2) is 41.9 Å². The number of nitro benzene ring substituents is 1. The van der Waals surface area contributed by atoms with Crippen LogP contribution < -0.4 is 4.74 Å². The van der Waals surface area contributed by atoms with E-state index in [-0.39, 0.29) is 18.0 Å². The van der Waals surface area contributed by atoms with Crippen LogP contribution in [0.5, 0.6) is 5.75 Å². The summed E-state index contributed by atoms with van der Waals surface area (Å²) in [6.45, 7) is 5.57. The van der Waals surface area contributed by atoms with Gasteiger partial charge in [0.25, 0.3) is 5.69 Å². The van der Waals surface area contributed by atoms with Gasteiger partial charge in [0.1, 0.15) is 12.4 Å². The summed E-state index contributed by atoms with van der Waals surface area (Å²) in [7, 11) is 0. The van der Waals surface area contributed by atoms with Crippen LogP contribution in [0.4, 0.5) is 10.5 Å². The van der Waals surface area contributed by atoms with Crippen molar-refractivity contribution in [2.24, 2.45) is 5.92 Å². The third-order valence-electron chi connectivity index (χ3n) is 3.48. The monoisotopic (exact) mass is 350 g/mol. The van der Waals surface area contributed by atoms with E-state index in [9.17, 15) is 14.9 Å². The molecule has 0 bridgehead atoms. The third kappa shape index (κ3) is 5.02. The molecule has 128 valence electrons. The first-order valence-electron chi connectivity index (χ1n) is 7.24. The maximum atomic E-state index is 11.6. The van der Waals surface area contributed by atoms with Crippen molar-refractivity contribution in [1.29, 1.82) is 0 Å². The molecule has 1 aliphatic rings. The maximum absolute atomic E-state index is 11.6. The minimum atomic E-state index is -0.836. The van der Waals surface area contributed by atoms with Crippen molar-refractivity contribution in [3.8, 4) is 5.75 Å². The van der Waals surface area contributed by atoms with Crippen molar-refractivity contribution in [1.82, 2.24) is 4.90 Å². The quantitative estimate of drug-likeness (QED) is 0.322. The van der Waals surface area contributed by atoms with Gasteiger partial charge in [0.2, 0.25) is 0 Å². The second-order valence-electron chi connectivity index (χ2n) is 5.06. The lowest BCUT2D eigenvalue weighted by molar-refractivity contribution is -0.384. The molecule has 0 N–H and O–H groups in total. The summed E-state index contributed by atoms with van der Waals surface area (Å²) in [6.07, 6.45) is 5.21. The van der Waals surface area contributed by atoms with Crippen molar-refractivity contribution in [2.45, 2.75) is 0 Å². The zero-order valence-electron chi connectivity index (χ0n) is 13.2. The molecule has 0 aliphatic carbocycles. The van der Waals surface area contributed by atoms with Crippen LogP contribution in [-0.2, 0) is 4.74 Å². The fourth-order valence-corrected chi connectivity index (χ4v) is 2.59. The lowest BCUT2D eigenvalue weighted by Gasteiger charge is -2.18. The van der Waals surface area contributed by atoms with Gasteiger partial charge in [-0.05, 0) is 29.5 Å². The molecular weight excluding hydrogens is 332 g/mol. The highest BCUT2D eigenvalue weighted by atomic mass is 32.2. The Bertz CT molecular complexity index is 644. The summed E-state index contributed by atoms with van der Waals surface area (Å²) < 4.78 is 9.96. The number of rotatable bonds is 7. The first-order chi connectivity index (χ1) is 11.5. The predicted octanol–water partition coefficient (Wildman–Crippen LogP) is 3.43. The lowest BCUT2D eigenvalue weighted by Crippen LogP contribution is -2.25. The molecule has 1 heterocycles. The van der Waals surface area contributed by atoms with Crippen LogP contribution in [0.25, 0.3) is 0 Å². The van der Waals surface area contributed by atoms with Gasteiger partial charge in [0.15, 0.2) is 0 Å². The Hall–Kier alpha value is -2.48. The zero-order valence-corrected chi connectivity index (χ0v) is 14.0. The standard InChI is InChI=1S/C16H18N2O5S/c1-12(24-2)13-7-8-17(11-13)9-10-22-16(19)23-15-5-3-14(4-6-15)18(20)21/h3-8,13H,1,9-11H2,2H3. The molecule has 0 fully saturated rings. The molecular formula is C16H18N2O5S. The zero-order chi connectivity index (χ0) is 17.5. The molecule has 8 heteroatoms. The highest BCUT2D eigenvalue weighted by Gasteiger charge is 2.18. The summed E-state index contributed by atoms with van der Waals surface area (Å²) in [6, 6.07) is 5.22. The molecule has 1 aliphatic heterocycles. The van der Waals surface area contributed by atoms with Gasteiger partial charge >= 0.3 is 6.16 Å². The molecule has 0 saturated heterocycles. The summed E-state index contributed by atoms with van der Waals surface area (Å²) >= 11 is 1.64. The Kier molecular flexibility index (Phi) is 6.25. The number of non-ortho nitro benzene ring substituents is 1. The van der Waals surface area contributed by atoms with Gasteiger partial charge in [-0.25, -0.2) is 4.79 Å². The van der Waals surface area contributed by atoms with Gasteiger partial charge in [-0.3, -0.25) is 10.1 Å². The highest BCUT2D eigenvalue weighted by molar-refractivity contribution is 8.02. The average Bonchev–Trinajstić information content (AvgIpc) is 3.03. The Balaban J connectivity index is 1.69. The number of thioether (sulfide) groups is 1. The van der Waals surface area contributed by atoms with Crippen molar-refractivity contribution in [3.63, 3.8) is 0 Å². The van der Waals surface area contributed by atoms with Crippen LogP contribution in [0.1, 0.15) is 0 Å². The van der Waals surface area contributed by atoms with Gasteiger partial charge in [-0.1, -0.05) is 12.7 Å². The van der Waals surface area contributed by atoms with E-state index in [0.29, 0.717) is 12.5 Å². The molecule has 0 amide bonds. The van der Waals surface area contributed by atoms with Crippen molar-refractivity contribution in [3.05, 3.63) is 58.1 Å². The van der Waals surface area contributed by atoms with Gasteiger partial charge in [-0.15, -0.1) is 11.8 Å². The van der Waals surface area contributed by atoms with Crippen LogP contribution in [0.3, 0.4) is 0 Å². The molecule has 1 unspecified atom stereocenters. The molecule has 0 aromatic heterocycles. The number of carbonyl (C=O) groups excluding carboxylic acids is 1. The van der Waals surface area contributed by atoms with Gasteiger partial charge in [0.05, 0.1) is 11.5 Å². The minimum Gasteiger partial charge on any atom is -0.432 e. The molecule has 1 atom stereocenters. The molecule has 0 radical (unpaired) electrons. The van der Waals surface area contributed by atoms with Crippen LogP contribution in [0, 0.1) is 16.0 Å². The molecule has 0 saturated carbocycles. The normalized spacial score (nSPS) is 16.0. The van der Waals surface area contributed by atoms with E-state index < -0.39 is 11.1 Å². The van der Waals surface area contributed by atoms with Gasteiger partial charge in [0, 0.05) is 24.6 Å². The van der Waals surface area contributed by atoms with E-state index in [1.807, 2.05) is 17.4 Å². The fraction of sp³-hybridized carbons (Fsp3) is 0.312. The molecule has 7 nitrogen and oxygen atoms in total. The van der Waals surface area contributed by atoms with Crippen LogP contribution in [0.2, 0.25) is 0 Å². The largest absolute Gasteiger partial charge is 0.513 e. The van der Waals surface area contributed by atoms with Crippen LogP contribution in [0.15, 0.2) is 48.0 Å². The number of nitro groups is 1. The summed E-state index contributed by atoms with van der Waals surface area (Å²) in [5.41, 5.74) is -0.0714. The third-order valence-corrected chi connectivity index (χ3v) is 4.31. The Morgan fingerprint density at radius 1 is 1.46 bits per heavy atom. The van der Waals surface area contributed by atoms with E-state index in [1.54, 1.807) is 11.8 Å². The Labute approximate surface area is 144 Å². The van der Waals surface area contributed by atoms with Gasteiger partial charge in [-0.2, -0.15) is 0 Å². The molecule has 0 spiro atoms. The number of hydrogen-bond acceptors (Lipinski definition) is 7. The minimum absolute atomic E-state index is 0.0714. The smallest absolute Gasteiger partial charge is 0.432 e. The lowest BCUT2D eigenvalue weighted by atomic mass is 10.2. The average molecular weight is 350 g/mol. The van der Waals surface area contributed by atoms with E-state index in [1.165, 1.54) is 24.3 Å². The highest BCUT2D eigenvalue weighted by Crippen LogP contribution is 2.26. The van der Waals surface area contributed by atoms with Crippen molar-refractivity contribution in [2.75, 3.05) is 26.0 Å². The van der Waals surface area contributed by atoms with Gasteiger partial charge < -0.3 is 14.4 Å². The summed E-state index contributed by atoms with van der Waals surface area (Å²) in [5, 5.41) is 10.5. The molecule has 1 aromatic carbocycles.